The Hall–Kier alpha value is -1.53. The van der Waals surface area contributed by atoms with Crippen molar-refractivity contribution in [3.8, 4) is 0 Å². The van der Waals surface area contributed by atoms with E-state index in [2.05, 4.69) is 5.32 Å². The van der Waals surface area contributed by atoms with E-state index in [-0.39, 0.29) is 17.6 Å². The molecule has 96 valence electrons. The van der Waals surface area contributed by atoms with E-state index in [1.165, 1.54) is 11.8 Å². The van der Waals surface area contributed by atoms with E-state index in [9.17, 15) is 9.59 Å². The van der Waals surface area contributed by atoms with Crippen molar-refractivity contribution >= 4 is 29.3 Å². The van der Waals surface area contributed by atoms with Gasteiger partial charge in [0.05, 0.1) is 10.9 Å². The highest BCUT2D eigenvalue weighted by atomic mass is 32.2. The fourth-order valence-corrected chi connectivity index (χ4v) is 2.73. The maximum Gasteiger partial charge on any atom is 0.320 e. The molecule has 0 spiro atoms. The first kappa shape index (κ1) is 12.9. The summed E-state index contributed by atoms with van der Waals surface area (Å²) in [5.74, 6) is -1.02. The van der Waals surface area contributed by atoms with Crippen LogP contribution in [0, 0.1) is 0 Å². The molecule has 2 atom stereocenters. The van der Waals surface area contributed by atoms with Crippen LogP contribution in [-0.2, 0) is 16.0 Å². The van der Waals surface area contributed by atoms with Gasteiger partial charge in [-0.05, 0) is 31.0 Å². The highest BCUT2D eigenvalue weighted by Gasteiger charge is 2.23. The second kappa shape index (κ2) is 4.99. The molecule has 2 rings (SSSR count). The number of fused-ring (bicyclic) bond motifs is 1. The molecule has 1 amide bonds. The third-order valence-electron chi connectivity index (χ3n) is 2.75. The number of hydrogen-bond donors (Lipinski definition) is 3. The van der Waals surface area contributed by atoms with Crippen molar-refractivity contribution in [3.63, 3.8) is 0 Å². The summed E-state index contributed by atoms with van der Waals surface area (Å²) in [4.78, 5) is 23.1. The molecule has 2 unspecified atom stereocenters. The molecule has 0 saturated carbocycles. The number of amides is 1. The van der Waals surface area contributed by atoms with Crippen LogP contribution in [0.25, 0.3) is 0 Å². The summed E-state index contributed by atoms with van der Waals surface area (Å²) in [7, 11) is 0. The number of rotatable bonds is 3. The summed E-state index contributed by atoms with van der Waals surface area (Å²) in [6, 6.07) is 4.57. The number of aliphatic carboxylic acids is 1. The van der Waals surface area contributed by atoms with Crippen LogP contribution in [0.15, 0.2) is 23.1 Å². The largest absolute Gasteiger partial charge is 0.480 e. The molecule has 1 aromatic rings. The Morgan fingerprint density at radius 3 is 3.00 bits per heavy atom. The number of hydrogen-bond acceptors (Lipinski definition) is 4. The van der Waals surface area contributed by atoms with Crippen molar-refractivity contribution < 1.29 is 14.7 Å². The fraction of sp³-hybridized carbons (Fsp3) is 0.333. The lowest BCUT2D eigenvalue weighted by molar-refractivity contribution is -0.138. The number of thioether (sulfide) groups is 1. The second-order valence-electron chi connectivity index (χ2n) is 4.23. The first-order valence-electron chi connectivity index (χ1n) is 5.56. The quantitative estimate of drug-likeness (QED) is 0.761. The lowest BCUT2D eigenvalue weighted by Crippen LogP contribution is -2.32. The molecule has 1 aromatic carbocycles. The Morgan fingerprint density at radius 2 is 2.33 bits per heavy atom. The Morgan fingerprint density at radius 1 is 1.61 bits per heavy atom. The fourth-order valence-electron chi connectivity index (χ4n) is 1.71. The average molecular weight is 266 g/mol. The van der Waals surface area contributed by atoms with Crippen LogP contribution in [0.1, 0.15) is 12.5 Å². The number of carbonyl (C=O) groups excluding carboxylic acids is 1. The van der Waals surface area contributed by atoms with Crippen LogP contribution in [0.2, 0.25) is 0 Å². The molecule has 5 nitrogen and oxygen atoms in total. The van der Waals surface area contributed by atoms with Crippen LogP contribution < -0.4 is 11.1 Å². The van der Waals surface area contributed by atoms with Gasteiger partial charge in [-0.2, -0.15) is 0 Å². The predicted octanol–water partition coefficient (Wildman–Crippen LogP) is 1.07. The van der Waals surface area contributed by atoms with Crippen LogP contribution >= 0.6 is 11.8 Å². The monoisotopic (exact) mass is 266 g/mol. The molecule has 18 heavy (non-hydrogen) atoms. The average Bonchev–Trinajstić information content (AvgIpc) is 2.31. The van der Waals surface area contributed by atoms with Gasteiger partial charge < -0.3 is 16.2 Å². The summed E-state index contributed by atoms with van der Waals surface area (Å²) in [5.41, 5.74) is 7.13. The molecule has 0 aromatic heterocycles. The van der Waals surface area contributed by atoms with Gasteiger partial charge in [-0.1, -0.05) is 6.07 Å². The number of carbonyl (C=O) groups is 2. The van der Waals surface area contributed by atoms with Crippen molar-refractivity contribution in [1.82, 2.24) is 0 Å². The Bertz CT molecular complexity index is 504. The molecule has 4 N–H and O–H groups in total. The number of anilines is 1. The van der Waals surface area contributed by atoms with Gasteiger partial charge in [0.2, 0.25) is 5.91 Å². The van der Waals surface area contributed by atoms with Crippen LogP contribution in [0.4, 0.5) is 5.69 Å². The molecule has 1 aliphatic heterocycles. The van der Waals surface area contributed by atoms with Crippen molar-refractivity contribution in [2.24, 2.45) is 5.73 Å². The highest BCUT2D eigenvalue weighted by molar-refractivity contribution is 8.00. The topological polar surface area (TPSA) is 92.4 Å². The number of carboxylic acid groups (broad SMARTS) is 1. The van der Waals surface area contributed by atoms with Crippen molar-refractivity contribution in [2.45, 2.75) is 29.5 Å². The molecule has 0 radical (unpaired) electrons. The summed E-state index contributed by atoms with van der Waals surface area (Å²) in [6.07, 6.45) is 0.283. The minimum Gasteiger partial charge on any atom is -0.480 e. The summed E-state index contributed by atoms with van der Waals surface area (Å²) < 4.78 is 0. The van der Waals surface area contributed by atoms with Gasteiger partial charge in [-0.25, -0.2) is 0 Å². The third kappa shape index (κ3) is 2.65. The number of carboxylic acids is 1. The maximum absolute atomic E-state index is 11.5. The Kier molecular flexibility index (Phi) is 3.58. The molecule has 6 heteroatoms. The van der Waals surface area contributed by atoms with Gasteiger partial charge in [0.15, 0.2) is 0 Å². The maximum atomic E-state index is 11.5. The van der Waals surface area contributed by atoms with Crippen LogP contribution in [-0.4, -0.2) is 28.3 Å². The van der Waals surface area contributed by atoms with Crippen molar-refractivity contribution in [1.29, 1.82) is 0 Å². The van der Waals surface area contributed by atoms with Gasteiger partial charge >= 0.3 is 5.97 Å². The number of benzene rings is 1. The zero-order valence-electron chi connectivity index (χ0n) is 9.84. The van der Waals surface area contributed by atoms with E-state index in [0.29, 0.717) is 0 Å². The van der Waals surface area contributed by atoms with Crippen molar-refractivity contribution in [2.75, 3.05) is 5.32 Å². The van der Waals surface area contributed by atoms with Crippen LogP contribution in [0.3, 0.4) is 0 Å². The lowest BCUT2D eigenvalue weighted by Gasteiger charge is -2.22. The van der Waals surface area contributed by atoms with Gasteiger partial charge in [0.1, 0.15) is 6.04 Å². The Balaban J connectivity index is 2.20. The third-order valence-corrected chi connectivity index (χ3v) is 3.91. The first-order chi connectivity index (χ1) is 8.47. The molecule has 0 aliphatic carbocycles. The van der Waals surface area contributed by atoms with Gasteiger partial charge in [0.25, 0.3) is 0 Å². The summed E-state index contributed by atoms with van der Waals surface area (Å²) in [5, 5.41) is 11.4. The number of nitrogens with two attached hydrogens (primary N) is 1. The van der Waals surface area contributed by atoms with E-state index in [1.54, 1.807) is 12.1 Å². The SMILES string of the molecule is CC1Sc2cc(CC(N)C(=O)O)ccc2NC1=O. The number of nitrogens with one attached hydrogen (secondary N) is 1. The zero-order chi connectivity index (χ0) is 13.3. The molecule has 0 bridgehead atoms. The van der Waals surface area contributed by atoms with Gasteiger partial charge in [-0.15, -0.1) is 11.8 Å². The first-order valence-corrected chi connectivity index (χ1v) is 6.44. The van der Waals surface area contributed by atoms with E-state index < -0.39 is 12.0 Å². The van der Waals surface area contributed by atoms with Gasteiger partial charge in [0, 0.05) is 4.90 Å². The van der Waals surface area contributed by atoms with Gasteiger partial charge in [-0.3, -0.25) is 9.59 Å². The molecule has 1 aliphatic rings. The zero-order valence-corrected chi connectivity index (χ0v) is 10.7. The smallest absolute Gasteiger partial charge is 0.320 e. The second-order valence-corrected chi connectivity index (χ2v) is 5.61. The van der Waals surface area contributed by atoms with E-state index in [1.807, 2.05) is 13.0 Å². The molecular weight excluding hydrogens is 252 g/mol. The highest BCUT2D eigenvalue weighted by Crippen LogP contribution is 2.36. The summed E-state index contributed by atoms with van der Waals surface area (Å²) >= 11 is 1.47. The molecule has 1 heterocycles. The minimum atomic E-state index is -1.01. The lowest BCUT2D eigenvalue weighted by atomic mass is 10.1. The van der Waals surface area contributed by atoms with E-state index in [0.717, 1.165) is 16.1 Å². The molecule has 0 fully saturated rings. The van der Waals surface area contributed by atoms with E-state index >= 15 is 0 Å². The summed E-state index contributed by atoms with van der Waals surface area (Å²) in [6.45, 7) is 1.83. The normalized spacial score (nSPS) is 19.9. The predicted molar refractivity (Wildman–Crippen MR) is 69.7 cm³/mol. The van der Waals surface area contributed by atoms with Crippen LogP contribution in [0.5, 0.6) is 0 Å². The molecular formula is C12H14N2O3S. The van der Waals surface area contributed by atoms with E-state index in [4.69, 9.17) is 10.8 Å². The standard InChI is InChI=1S/C12H14N2O3S/c1-6-11(15)14-9-3-2-7(5-10(9)18-6)4-8(13)12(16)17/h2-3,5-6,8H,4,13H2,1H3,(H,14,15)(H,16,17). The van der Waals surface area contributed by atoms with Crippen molar-refractivity contribution in [3.05, 3.63) is 23.8 Å². The molecule has 0 saturated heterocycles. The Labute approximate surface area is 109 Å². The minimum absolute atomic E-state index is 0.0116.